The minimum absolute atomic E-state index is 0.427. The summed E-state index contributed by atoms with van der Waals surface area (Å²) in [7, 11) is 24.7. The maximum atomic E-state index is 6.95. The Morgan fingerprint density at radius 3 is 2.00 bits per heavy atom. The van der Waals surface area contributed by atoms with Crippen LogP contribution in [0.2, 0.25) is 0 Å². The summed E-state index contributed by atoms with van der Waals surface area (Å²) < 4.78 is 1.23. The van der Waals surface area contributed by atoms with Gasteiger partial charge in [0.1, 0.15) is 0 Å². The van der Waals surface area contributed by atoms with Gasteiger partial charge in [-0.15, -0.1) is 0 Å². The van der Waals surface area contributed by atoms with Crippen molar-refractivity contribution in [1.29, 1.82) is 0 Å². The van der Waals surface area contributed by atoms with Gasteiger partial charge in [-0.3, -0.25) is 0 Å². The normalized spacial score (nSPS) is 14.5. The molecule has 0 amide bonds. The van der Waals surface area contributed by atoms with Crippen LogP contribution in [-0.4, -0.2) is 28.2 Å². The SMILES string of the molecule is CC1=c2ccc(N(C)C)cc2=S(Cl)c2cc(N(C)C)cc(C)c21.[Cl][Zn][Cl]. The van der Waals surface area contributed by atoms with Crippen molar-refractivity contribution >= 4 is 56.7 Å². The summed E-state index contributed by atoms with van der Waals surface area (Å²) in [6.07, 6.45) is 0. The Morgan fingerprint density at radius 2 is 1.46 bits per heavy atom. The van der Waals surface area contributed by atoms with Gasteiger partial charge in [-0.05, 0) is 70.7 Å². The molecule has 138 valence electrons. The van der Waals surface area contributed by atoms with Gasteiger partial charge in [-0.1, -0.05) is 15.8 Å². The van der Waals surface area contributed by atoms with Crippen LogP contribution >= 0.6 is 39.8 Å². The topological polar surface area (TPSA) is 6.48 Å². The Balaban J connectivity index is 0.000000758. The number of anilines is 2. The molecule has 0 bridgehead atoms. The molecule has 1 aliphatic rings. The maximum absolute atomic E-state index is 6.95. The standard InChI is InChI=1S/C19H23ClN2S.2ClH.Zn/c1-12-9-15(22(5)6)11-18-19(12)13(2)16-8-7-14(21(3)4)10-17(16)23(18)20;;;/h7-11H,1-6H3;2*1H;/q;;;+2/p-2. The molecule has 2 aromatic carbocycles. The Bertz CT molecular complexity index is 943. The first-order valence-electron chi connectivity index (χ1n) is 8.23. The third kappa shape index (κ3) is 4.42. The first-order valence-corrected chi connectivity index (χ1v) is 18.1. The van der Waals surface area contributed by atoms with Crippen LogP contribution in [0.15, 0.2) is 35.2 Å². The fourth-order valence-electron chi connectivity index (χ4n) is 3.12. The fourth-order valence-corrected chi connectivity index (χ4v) is 5.46. The quantitative estimate of drug-likeness (QED) is 0.396. The van der Waals surface area contributed by atoms with Crippen molar-refractivity contribution in [1.82, 2.24) is 0 Å². The van der Waals surface area contributed by atoms with E-state index >= 15 is 0 Å². The van der Waals surface area contributed by atoms with Gasteiger partial charge >= 0.3 is 34.5 Å². The molecule has 3 rings (SSSR count). The summed E-state index contributed by atoms with van der Waals surface area (Å²) in [4.78, 5) is 5.51. The molecule has 2 aromatic rings. The second-order valence-corrected chi connectivity index (χ2v) is 13.5. The molecule has 1 atom stereocenters. The van der Waals surface area contributed by atoms with Gasteiger partial charge < -0.3 is 9.80 Å². The molecule has 0 aromatic heterocycles. The molecule has 0 saturated heterocycles. The molecule has 0 spiro atoms. The van der Waals surface area contributed by atoms with Crippen molar-refractivity contribution in [2.45, 2.75) is 18.7 Å². The Hall–Kier alpha value is -0.247. The molecule has 2 nitrogen and oxygen atoms in total. The summed E-state index contributed by atoms with van der Waals surface area (Å²) in [5, 5.41) is 1.28. The third-order valence-corrected chi connectivity index (χ3v) is 6.88. The molecule has 1 aliphatic heterocycles. The van der Waals surface area contributed by atoms with E-state index in [0.29, 0.717) is 0 Å². The van der Waals surface area contributed by atoms with E-state index in [9.17, 15) is 0 Å². The summed E-state index contributed by atoms with van der Waals surface area (Å²) >= 11 is -0.931. The second-order valence-electron chi connectivity index (χ2n) is 6.59. The molecule has 0 fully saturated rings. The van der Waals surface area contributed by atoms with Crippen molar-refractivity contribution in [2.24, 2.45) is 0 Å². The van der Waals surface area contributed by atoms with Crippen molar-refractivity contribution < 1.29 is 15.1 Å². The molecule has 0 saturated carbocycles. The van der Waals surface area contributed by atoms with E-state index in [-0.39, 0.29) is 0 Å². The zero-order valence-electron chi connectivity index (χ0n) is 16.0. The zero-order valence-corrected chi connectivity index (χ0v) is 22.1. The number of hydrogen-bond acceptors (Lipinski definition) is 2. The van der Waals surface area contributed by atoms with E-state index in [4.69, 9.17) is 30.1 Å². The summed E-state index contributed by atoms with van der Waals surface area (Å²) in [5.74, 6) is 0. The molecule has 0 aliphatic carbocycles. The van der Waals surface area contributed by atoms with E-state index in [1.807, 2.05) is 0 Å². The summed E-state index contributed by atoms with van der Waals surface area (Å²) in [6.45, 7) is 4.39. The second kappa shape index (κ2) is 9.30. The predicted molar refractivity (Wildman–Crippen MR) is 116 cm³/mol. The van der Waals surface area contributed by atoms with Crippen LogP contribution in [-0.2, 0) is 15.1 Å². The van der Waals surface area contributed by atoms with Crippen LogP contribution in [0.25, 0.3) is 5.57 Å². The molecule has 1 unspecified atom stereocenters. The Morgan fingerprint density at radius 1 is 0.885 bits per heavy atom. The van der Waals surface area contributed by atoms with Gasteiger partial charge in [0.25, 0.3) is 0 Å². The number of halogens is 3. The number of benzene rings is 2. The van der Waals surface area contributed by atoms with Crippen LogP contribution in [0, 0.1) is 11.4 Å². The first kappa shape index (κ1) is 22.0. The zero-order chi connectivity index (χ0) is 19.6. The minimum atomic E-state index is -0.931. The number of nitrogens with zero attached hydrogens (tertiary/aromatic N) is 2. The van der Waals surface area contributed by atoms with E-state index in [1.54, 1.807) is 0 Å². The fraction of sp³-hybridized carbons (Fsp3) is 0.316. The molecule has 0 N–H and O–H groups in total. The molecule has 0 radical (unpaired) electrons. The van der Waals surface area contributed by atoms with E-state index in [0.717, 1.165) is 0 Å². The van der Waals surface area contributed by atoms with Crippen LogP contribution in [0.4, 0.5) is 11.4 Å². The van der Waals surface area contributed by atoms with E-state index in [1.165, 1.54) is 42.7 Å². The van der Waals surface area contributed by atoms with Crippen molar-refractivity contribution in [3.8, 4) is 0 Å². The summed E-state index contributed by atoms with van der Waals surface area (Å²) in [6, 6.07) is 11.1. The van der Waals surface area contributed by atoms with Gasteiger partial charge in [0.2, 0.25) is 0 Å². The van der Waals surface area contributed by atoms with Crippen molar-refractivity contribution in [3.05, 3.63) is 51.2 Å². The number of rotatable bonds is 2. The Kier molecular flexibility index (Phi) is 7.89. The third-order valence-electron chi connectivity index (χ3n) is 4.45. The van der Waals surface area contributed by atoms with Crippen molar-refractivity contribution in [2.75, 3.05) is 38.0 Å². The summed E-state index contributed by atoms with van der Waals surface area (Å²) in [5.41, 5.74) is 6.34. The molecule has 7 heteroatoms. The first-order chi connectivity index (χ1) is 12.2. The average Bonchev–Trinajstić information content (AvgIpc) is 2.59. The van der Waals surface area contributed by atoms with Gasteiger partial charge in [0.05, 0.1) is 0 Å². The van der Waals surface area contributed by atoms with Crippen molar-refractivity contribution in [3.63, 3.8) is 0 Å². The van der Waals surface area contributed by atoms with E-state index < -0.39 is 24.8 Å². The van der Waals surface area contributed by atoms with Crippen LogP contribution in [0.3, 0.4) is 0 Å². The van der Waals surface area contributed by atoms with Gasteiger partial charge in [0, 0.05) is 49.0 Å². The van der Waals surface area contributed by atoms with Gasteiger partial charge in [0.15, 0.2) is 0 Å². The molecule has 26 heavy (non-hydrogen) atoms. The van der Waals surface area contributed by atoms with Gasteiger partial charge in [-0.2, -0.15) is 0 Å². The molecular formula is C19H23Cl3N2SZn. The van der Waals surface area contributed by atoms with Gasteiger partial charge in [-0.25, -0.2) is 0 Å². The van der Waals surface area contributed by atoms with Crippen LogP contribution in [0.5, 0.6) is 0 Å². The molecular weight excluding hydrogens is 460 g/mol. The predicted octanol–water partition coefficient (Wildman–Crippen LogP) is 5.77. The average molecular weight is 483 g/mol. The Labute approximate surface area is 178 Å². The monoisotopic (exact) mass is 480 g/mol. The number of fused-ring (bicyclic) bond motifs is 2. The number of hydrogen-bond donors (Lipinski definition) is 0. The van der Waals surface area contributed by atoms with Crippen LogP contribution in [0.1, 0.15) is 18.1 Å². The number of aryl methyl sites for hydroxylation is 1. The molecule has 1 heterocycles. The van der Waals surface area contributed by atoms with Crippen LogP contribution < -0.4 is 15.0 Å². The van der Waals surface area contributed by atoms with E-state index in [2.05, 4.69) is 82.2 Å².